The number of rotatable bonds is 0. The van der Waals surface area contributed by atoms with Gasteiger partial charge >= 0.3 is 0 Å². The molecule has 0 aromatic carbocycles. The van der Waals surface area contributed by atoms with Gasteiger partial charge in [-0.15, -0.1) is 0 Å². The Morgan fingerprint density at radius 2 is 2.25 bits per heavy atom. The van der Waals surface area contributed by atoms with Gasteiger partial charge in [0.15, 0.2) is 0 Å². The molecule has 1 atom stereocenters. The summed E-state index contributed by atoms with van der Waals surface area (Å²) in [6.45, 7) is 2.34. The van der Waals surface area contributed by atoms with Crippen LogP contribution in [0.1, 0.15) is 32.1 Å². The number of hydrogen-bond acceptors (Lipinski definition) is 2. The molecule has 1 spiro atoms. The minimum atomic E-state index is 0.393. The quantitative estimate of drug-likeness (QED) is 0.544. The number of nitrogens with zero attached hydrogens (tertiary/aromatic N) is 1. The van der Waals surface area contributed by atoms with E-state index in [9.17, 15) is 4.79 Å². The first-order valence-corrected chi connectivity index (χ1v) is 4.91. The van der Waals surface area contributed by atoms with Crippen LogP contribution in [0.3, 0.4) is 0 Å². The summed E-state index contributed by atoms with van der Waals surface area (Å²) in [5.74, 6) is 0.497. The van der Waals surface area contributed by atoms with E-state index in [4.69, 9.17) is 0 Å². The van der Waals surface area contributed by atoms with Crippen molar-refractivity contribution >= 4 is 5.78 Å². The minimum Gasteiger partial charge on any atom is -0.306 e. The molecule has 0 aromatic heterocycles. The zero-order valence-electron chi connectivity index (χ0n) is 7.81. The molecule has 1 saturated heterocycles. The van der Waals surface area contributed by atoms with Crippen LogP contribution in [0.2, 0.25) is 0 Å². The van der Waals surface area contributed by atoms with Crippen molar-refractivity contribution < 1.29 is 4.79 Å². The Morgan fingerprint density at radius 1 is 1.42 bits per heavy atom. The van der Waals surface area contributed by atoms with Gasteiger partial charge in [-0.1, -0.05) is 0 Å². The third-order valence-corrected chi connectivity index (χ3v) is 3.36. The monoisotopic (exact) mass is 167 g/mol. The average Bonchev–Trinajstić information content (AvgIpc) is 2.32. The normalized spacial score (nSPS) is 37.9. The van der Waals surface area contributed by atoms with Gasteiger partial charge in [0.25, 0.3) is 0 Å². The number of Topliss-reactive ketones (excluding diaryl/α,β-unsaturated/α-hetero) is 1. The summed E-state index contributed by atoms with van der Waals surface area (Å²) in [7, 11) is 2.16. The predicted molar refractivity (Wildman–Crippen MR) is 48.0 cm³/mol. The summed E-state index contributed by atoms with van der Waals surface area (Å²) in [4.78, 5) is 13.7. The van der Waals surface area contributed by atoms with Crippen LogP contribution in [0.4, 0.5) is 0 Å². The lowest BCUT2D eigenvalue weighted by atomic mass is 9.73. The van der Waals surface area contributed by atoms with E-state index < -0.39 is 0 Å². The van der Waals surface area contributed by atoms with Crippen LogP contribution >= 0.6 is 0 Å². The molecule has 0 unspecified atom stereocenters. The number of ketones is 1. The maximum Gasteiger partial charge on any atom is 0.133 e. The van der Waals surface area contributed by atoms with Crippen molar-refractivity contribution in [2.75, 3.05) is 20.1 Å². The van der Waals surface area contributed by atoms with Crippen LogP contribution in [0.15, 0.2) is 0 Å². The fourth-order valence-corrected chi connectivity index (χ4v) is 2.76. The molecule has 2 fully saturated rings. The lowest BCUT2D eigenvalue weighted by molar-refractivity contribution is -0.123. The maximum absolute atomic E-state index is 11.3. The van der Waals surface area contributed by atoms with E-state index in [1.54, 1.807) is 0 Å². The lowest BCUT2D eigenvalue weighted by Crippen LogP contribution is -2.31. The van der Waals surface area contributed by atoms with Gasteiger partial charge in [-0.05, 0) is 38.3 Å². The topological polar surface area (TPSA) is 20.3 Å². The summed E-state index contributed by atoms with van der Waals surface area (Å²) in [6.07, 6.45) is 5.35. The van der Waals surface area contributed by atoms with Gasteiger partial charge in [-0.2, -0.15) is 0 Å². The molecule has 0 bridgehead atoms. The molecule has 0 amide bonds. The second-order valence-corrected chi connectivity index (χ2v) is 4.56. The Labute approximate surface area is 73.9 Å². The highest BCUT2D eigenvalue weighted by molar-refractivity contribution is 5.80. The van der Waals surface area contributed by atoms with Crippen molar-refractivity contribution in [2.24, 2.45) is 5.41 Å². The summed E-state index contributed by atoms with van der Waals surface area (Å²) in [5.41, 5.74) is 0.393. The second-order valence-electron chi connectivity index (χ2n) is 4.56. The Hall–Kier alpha value is -0.370. The summed E-state index contributed by atoms with van der Waals surface area (Å²) < 4.78 is 0. The van der Waals surface area contributed by atoms with Gasteiger partial charge in [0, 0.05) is 19.4 Å². The molecule has 1 saturated carbocycles. The molecular formula is C10H17NO. The standard InChI is InChI=1S/C10H17NO/c1-11-6-5-10(8-11)4-2-3-9(12)7-10/h2-8H2,1H3/t10-/m1/s1. The third kappa shape index (κ3) is 1.40. The highest BCUT2D eigenvalue weighted by Gasteiger charge is 2.39. The molecule has 2 aliphatic rings. The number of carbonyl (C=O) groups is 1. The first-order chi connectivity index (χ1) is 5.70. The van der Waals surface area contributed by atoms with Crippen molar-refractivity contribution in [1.82, 2.24) is 4.90 Å². The molecule has 1 heterocycles. The van der Waals surface area contributed by atoms with Crippen molar-refractivity contribution in [3.05, 3.63) is 0 Å². The Morgan fingerprint density at radius 3 is 2.83 bits per heavy atom. The molecular weight excluding hydrogens is 150 g/mol. The largest absolute Gasteiger partial charge is 0.306 e. The number of likely N-dealkylation sites (tertiary alicyclic amines) is 1. The molecule has 1 aliphatic carbocycles. The van der Waals surface area contributed by atoms with Crippen molar-refractivity contribution in [1.29, 1.82) is 0 Å². The molecule has 1 aliphatic heterocycles. The zero-order valence-corrected chi connectivity index (χ0v) is 7.81. The molecule has 0 N–H and O–H groups in total. The molecule has 68 valence electrons. The highest BCUT2D eigenvalue weighted by Crippen LogP contribution is 2.41. The third-order valence-electron chi connectivity index (χ3n) is 3.36. The van der Waals surface area contributed by atoms with Crippen molar-refractivity contribution in [3.8, 4) is 0 Å². The number of carbonyl (C=O) groups excluding carboxylic acids is 1. The molecule has 2 heteroatoms. The molecule has 0 aromatic rings. The molecule has 2 rings (SSSR count). The van der Waals surface area contributed by atoms with Gasteiger partial charge in [0.05, 0.1) is 0 Å². The van der Waals surface area contributed by atoms with Gasteiger partial charge in [-0.3, -0.25) is 4.79 Å². The van der Waals surface area contributed by atoms with E-state index in [0.717, 1.165) is 25.8 Å². The predicted octanol–water partition coefficient (Wildman–Crippen LogP) is 1.45. The Balaban J connectivity index is 2.05. The van der Waals surface area contributed by atoms with Crippen LogP contribution in [0.5, 0.6) is 0 Å². The van der Waals surface area contributed by atoms with Gasteiger partial charge in [-0.25, -0.2) is 0 Å². The Kier molecular flexibility index (Phi) is 1.95. The van der Waals surface area contributed by atoms with Crippen molar-refractivity contribution in [3.63, 3.8) is 0 Å². The fraction of sp³-hybridized carbons (Fsp3) is 0.900. The van der Waals surface area contributed by atoms with Crippen molar-refractivity contribution in [2.45, 2.75) is 32.1 Å². The van der Waals surface area contributed by atoms with Gasteiger partial charge in [0.2, 0.25) is 0 Å². The van der Waals surface area contributed by atoms with Gasteiger partial charge in [0.1, 0.15) is 5.78 Å². The fourth-order valence-electron chi connectivity index (χ4n) is 2.76. The van der Waals surface area contributed by atoms with E-state index >= 15 is 0 Å². The second kappa shape index (κ2) is 2.84. The first kappa shape index (κ1) is 8.24. The summed E-state index contributed by atoms with van der Waals surface area (Å²) in [6, 6.07) is 0. The minimum absolute atomic E-state index is 0.393. The van der Waals surface area contributed by atoms with Crippen LogP contribution in [0.25, 0.3) is 0 Å². The Bertz CT molecular complexity index is 198. The first-order valence-electron chi connectivity index (χ1n) is 4.91. The van der Waals surface area contributed by atoms with E-state index in [0.29, 0.717) is 11.2 Å². The van der Waals surface area contributed by atoms with Crippen LogP contribution < -0.4 is 0 Å². The highest BCUT2D eigenvalue weighted by atomic mass is 16.1. The van der Waals surface area contributed by atoms with Crippen LogP contribution in [0, 0.1) is 5.41 Å². The zero-order chi connectivity index (χ0) is 8.60. The van der Waals surface area contributed by atoms with E-state index in [1.165, 1.54) is 19.4 Å². The summed E-state index contributed by atoms with van der Waals surface area (Å²) >= 11 is 0. The van der Waals surface area contributed by atoms with Crippen LogP contribution in [-0.2, 0) is 4.79 Å². The SMILES string of the molecule is CN1CC[C@@]2(CCCC(=O)C2)C1. The van der Waals surface area contributed by atoms with E-state index in [-0.39, 0.29) is 0 Å². The molecule has 0 radical (unpaired) electrons. The van der Waals surface area contributed by atoms with Crippen LogP contribution in [-0.4, -0.2) is 30.8 Å². The smallest absolute Gasteiger partial charge is 0.133 e. The van der Waals surface area contributed by atoms with E-state index in [1.807, 2.05) is 0 Å². The van der Waals surface area contributed by atoms with E-state index in [2.05, 4.69) is 11.9 Å². The lowest BCUT2D eigenvalue weighted by Gasteiger charge is -2.31. The molecule has 2 nitrogen and oxygen atoms in total. The maximum atomic E-state index is 11.3. The summed E-state index contributed by atoms with van der Waals surface area (Å²) in [5, 5.41) is 0. The average molecular weight is 167 g/mol. The van der Waals surface area contributed by atoms with Gasteiger partial charge < -0.3 is 4.90 Å². The molecule has 12 heavy (non-hydrogen) atoms. The number of hydrogen-bond donors (Lipinski definition) is 0.